The lowest BCUT2D eigenvalue weighted by Gasteiger charge is -2.36. The molecule has 1 aromatic carbocycles. The number of para-hydroxylation sites is 1. The number of carbonyl (C=O) groups excluding carboxylic acids is 3. The second-order valence-corrected chi connectivity index (χ2v) is 6.54. The van der Waals surface area contributed by atoms with Crippen molar-refractivity contribution in [3.05, 3.63) is 52.6 Å². The number of fused-ring (bicyclic) bond motifs is 3. The minimum atomic E-state index is -1.62. The highest BCUT2D eigenvalue weighted by Gasteiger charge is 2.63. The summed E-state index contributed by atoms with van der Waals surface area (Å²) in [4.78, 5) is 40.5. The maximum Gasteiger partial charge on any atom is 0.340 e. The molecular formula is C19H18N2O5. The molecule has 0 saturated heterocycles. The van der Waals surface area contributed by atoms with Crippen molar-refractivity contribution in [3.8, 4) is 5.75 Å². The zero-order valence-electron chi connectivity index (χ0n) is 14.5. The van der Waals surface area contributed by atoms with Crippen LogP contribution in [0.25, 0.3) is 0 Å². The normalized spacial score (nSPS) is 24.6. The fourth-order valence-electron chi connectivity index (χ4n) is 4.26. The first kappa shape index (κ1) is 16.4. The molecule has 4 rings (SSSR count). The quantitative estimate of drug-likeness (QED) is 0.760. The molecule has 1 atom stereocenters. The summed E-state index contributed by atoms with van der Waals surface area (Å²) < 4.78 is 10.5. The van der Waals surface area contributed by atoms with E-state index in [-0.39, 0.29) is 17.2 Å². The first-order valence-electron chi connectivity index (χ1n) is 8.35. The molecule has 0 bridgehead atoms. The van der Waals surface area contributed by atoms with Gasteiger partial charge in [0.05, 0.1) is 7.11 Å². The van der Waals surface area contributed by atoms with E-state index in [2.05, 4.69) is 0 Å². The number of hydrogen-bond acceptors (Lipinski definition) is 6. The van der Waals surface area contributed by atoms with E-state index in [4.69, 9.17) is 15.2 Å². The average molecular weight is 354 g/mol. The largest absolute Gasteiger partial charge is 0.465 e. The Labute approximate surface area is 150 Å². The molecule has 26 heavy (non-hydrogen) atoms. The van der Waals surface area contributed by atoms with Crippen LogP contribution >= 0.6 is 0 Å². The number of nitrogens with zero attached hydrogens (tertiary/aromatic N) is 1. The van der Waals surface area contributed by atoms with E-state index >= 15 is 0 Å². The Morgan fingerprint density at radius 1 is 1.27 bits per heavy atom. The summed E-state index contributed by atoms with van der Waals surface area (Å²) >= 11 is 0. The molecule has 7 heteroatoms. The molecule has 2 heterocycles. The smallest absolute Gasteiger partial charge is 0.340 e. The zero-order chi connectivity index (χ0) is 18.6. The molecule has 3 aliphatic rings. The molecule has 7 nitrogen and oxygen atoms in total. The molecule has 1 aromatic rings. The molecule has 0 aromatic heterocycles. The number of methoxy groups -OCH3 is 1. The number of amides is 1. The van der Waals surface area contributed by atoms with Crippen LogP contribution in [0, 0.1) is 0 Å². The Morgan fingerprint density at radius 3 is 2.73 bits per heavy atom. The molecule has 134 valence electrons. The van der Waals surface area contributed by atoms with Crippen LogP contribution in [0.3, 0.4) is 0 Å². The van der Waals surface area contributed by atoms with Gasteiger partial charge in [-0.05, 0) is 18.9 Å². The van der Waals surface area contributed by atoms with Gasteiger partial charge < -0.3 is 20.1 Å². The van der Waals surface area contributed by atoms with Crippen molar-refractivity contribution < 1.29 is 23.9 Å². The predicted molar refractivity (Wildman–Crippen MR) is 90.6 cm³/mol. The van der Waals surface area contributed by atoms with Gasteiger partial charge in [0.2, 0.25) is 11.8 Å². The third-order valence-electron chi connectivity index (χ3n) is 5.31. The molecular weight excluding hydrogens is 336 g/mol. The van der Waals surface area contributed by atoms with Gasteiger partial charge in [0.1, 0.15) is 16.7 Å². The van der Waals surface area contributed by atoms with Crippen molar-refractivity contribution in [2.75, 3.05) is 14.2 Å². The number of allylic oxidation sites excluding steroid dienone is 1. The van der Waals surface area contributed by atoms with Gasteiger partial charge in [-0.25, -0.2) is 4.79 Å². The zero-order valence-corrected chi connectivity index (χ0v) is 14.5. The van der Waals surface area contributed by atoms with Crippen LogP contribution < -0.4 is 10.5 Å². The summed E-state index contributed by atoms with van der Waals surface area (Å²) in [5.74, 6) is -1.20. The Bertz CT molecular complexity index is 930. The molecule has 0 unspecified atom stereocenters. The van der Waals surface area contributed by atoms with Crippen LogP contribution in [0.1, 0.15) is 24.8 Å². The van der Waals surface area contributed by atoms with Crippen molar-refractivity contribution in [3.63, 3.8) is 0 Å². The van der Waals surface area contributed by atoms with Crippen LogP contribution in [-0.2, 0) is 24.5 Å². The van der Waals surface area contributed by atoms with Gasteiger partial charge in [-0.1, -0.05) is 18.2 Å². The van der Waals surface area contributed by atoms with Gasteiger partial charge in [0.25, 0.3) is 0 Å². The summed E-state index contributed by atoms with van der Waals surface area (Å²) in [6.45, 7) is 0. The predicted octanol–water partition coefficient (Wildman–Crippen LogP) is 1.14. The minimum absolute atomic E-state index is 0.129. The molecule has 2 N–H and O–H groups in total. The molecule has 1 spiro atoms. The summed E-state index contributed by atoms with van der Waals surface area (Å²) in [7, 11) is 2.83. The van der Waals surface area contributed by atoms with Gasteiger partial charge >= 0.3 is 5.97 Å². The van der Waals surface area contributed by atoms with Gasteiger partial charge in [0.15, 0.2) is 5.78 Å². The number of esters is 1. The van der Waals surface area contributed by atoms with Gasteiger partial charge in [-0.2, -0.15) is 0 Å². The number of rotatable bonds is 1. The van der Waals surface area contributed by atoms with Crippen LogP contribution in [0.15, 0.2) is 47.0 Å². The fourth-order valence-corrected chi connectivity index (χ4v) is 4.26. The number of ketones is 1. The third-order valence-corrected chi connectivity index (χ3v) is 5.31. The maximum atomic E-state index is 13.5. The Kier molecular flexibility index (Phi) is 3.44. The molecule has 1 amide bonds. The highest BCUT2D eigenvalue weighted by atomic mass is 16.5. The number of likely N-dealkylation sites (N-methyl/N-ethyl adjacent to an activating group) is 1. The molecule has 0 fully saturated rings. The van der Waals surface area contributed by atoms with Crippen molar-refractivity contribution in [1.29, 1.82) is 0 Å². The van der Waals surface area contributed by atoms with E-state index in [9.17, 15) is 14.4 Å². The third kappa shape index (κ3) is 1.80. The van der Waals surface area contributed by atoms with Crippen molar-refractivity contribution in [2.45, 2.75) is 24.7 Å². The highest BCUT2D eigenvalue weighted by molar-refractivity contribution is 6.19. The Morgan fingerprint density at radius 2 is 2.00 bits per heavy atom. The lowest BCUT2D eigenvalue weighted by Crippen LogP contribution is -2.48. The first-order valence-corrected chi connectivity index (χ1v) is 8.35. The fraction of sp³-hybridized carbons (Fsp3) is 0.316. The summed E-state index contributed by atoms with van der Waals surface area (Å²) in [5.41, 5.74) is 5.69. The van der Waals surface area contributed by atoms with Gasteiger partial charge in [0, 0.05) is 30.3 Å². The lowest BCUT2D eigenvalue weighted by molar-refractivity contribution is -0.140. The van der Waals surface area contributed by atoms with Crippen molar-refractivity contribution >= 4 is 17.7 Å². The maximum absolute atomic E-state index is 13.5. The van der Waals surface area contributed by atoms with Crippen molar-refractivity contribution in [1.82, 2.24) is 4.90 Å². The number of Topliss-reactive ketones (excluding diaryl/α,β-unsaturated/α-hetero) is 1. The van der Waals surface area contributed by atoms with Crippen LogP contribution in [0.2, 0.25) is 0 Å². The standard InChI is InChI=1S/C19H18N2O5/c1-21-11-7-5-8-12(22)14(11)19(18(21)24)10-6-3-4-9-13(10)26-16(20)15(19)17(23)25-2/h3-4,6,9H,5,7-8,20H2,1-2H3/t19-/m0/s1. The molecule has 1 aliphatic carbocycles. The van der Waals surface area contributed by atoms with Crippen LogP contribution in [-0.4, -0.2) is 36.7 Å². The number of benzene rings is 1. The Hall–Kier alpha value is -3.09. The molecule has 2 aliphatic heterocycles. The summed E-state index contributed by atoms with van der Waals surface area (Å²) in [5, 5.41) is 0. The summed E-state index contributed by atoms with van der Waals surface area (Å²) in [6.07, 6.45) is 1.57. The number of ether oxygens (including phenoxy) is 2. The van der Waals surface area contributed by atoms with E-state index in [1.807, 2.05) is 0 Å². The van der Waals surface area contributed by atoms with E-state index in [1.165, 1.54) is 12.0 Å². The topological polar surface area (TPSA) is 98.9 Å². The van der Waals surface area contributed by atoms with Gasteiger partial charge in [-0.15, -0.1) is 0 Å². The lowest BCUT2D eigenvalue weighted by atomic mass is 9.65. The number of hydrogen-bond donors (Lipinski definition) is 1. The molecule has 0 saturated carbocycles. The van der Waals surface area contributed by atoms with Gasteiger partial charge in [-0.3, -0.25) is 9.59 Å². The monoisotopic (exact) mass is 354 g/mol. The average Bonchev–Trinajstić information content (AvgIpc) is 2.85. The first-order chi connectivity index (χ1) is 12.4. The second-order valence-electron chi connectivity index (χ2n) is 6.54. The van der Waals surface area contributed by atoms with Crippen LogP contribution in [0.5, 0.6) is 5.75 Å². The van der Waals surface area contributed by atoms with E-state index in [1.54, 1.807) is 31.3 Å². The van der Waals surface area contributed by atoms with Crippen molar-refractivity contribution in [2.24, 2.45) is 5.73 Å². The highest BCUT2D eigenvalue weighted by Crippen LogP contribution is 2.55. The van der Waals surface area contributed by atoms with E-state index in [0.717, 1.165) is 0 Å². The van der Waals surface area contributed by atoms with Crippen LogP contribution in [0.4, 0.5) is 0 Å². The molecule has 0 radical (unpaired) electrons. The second kappa shape index (κ2) is 5.45. The van der Waals surface area contributed by atoms with E-state index in [0.29, 0.717) is 41.8 Å². The minimum Gasteiger partial charge on any atom is -0.465 e. The van der Waals surface area contributed by atoms with E-state index < -0.39 is 17.3 Å². The Balaban J connectivity index is 2.14. The SMILES string of the molecule is COC(=O)C1=C(N)Oc2ccccc2[C@@]12C(=O)N(C)C1=C2C(=O)CCC1. The summed E-state index contributed by atoms with van der Waals surface area (Å²) in [6, 6.07) is 6.83. The number of carbonyl (C=O) groups is 3. The number of nitrogens with two attached hydrogens (primary N) is 1.